The van der Waals surface area contributed by atoms with Crippen LogP contribution in [0.15, 0.2) is 34.9 Å². The second-order valence-corrected chi connectivity index (χ2v) is 7.20. The van der Waals surface area contributed by atoms with E-state index < -0.39 is 0 Å². The number of hydrogen-bond donors (Lipinski definition) is 2. The Labute approximate surface area is 189 Å². The van der Waals surface area contributed by atoms with Crippen LogP contribution in [0, 0.1) is 6.92 Å². The minimum Gasteiger partial charge on any atom is -0.446 e. The first-order valence-electron chi connectivity index (χ1n) is 11.0. The Hall–Kier alpha value is -2.91. The van der Waals surface area contributed by atoms with Gasteiger partial charge in [-0.3, -0.25) is 4.79 Å². The van der Waals surface area contributed by atoms with E-state index in [1.165, 1.54) is 6.26 Å². The number of carbonyl (C=O) groups excluding carboxylic acids is 2. The van der Waals surface area contributed by atoms with Gasteiger partial charge < -0.3 is 29.4 Å². The molecule has 0 aliphatic heterocycles. The molecular formula is C23H34N4O5. The maximum Gasteiger partial charge on any atom is 0.322 e. The highest BCUT2D eigenvalue weighted by Crippen LogP contribution is 2.13. The molecule has 0 saturated heterocycles. The van der Waals surface area contributed by atoms with E-state index in [2.05, 4.69) is 15.6 Å². The molecule has 2 N–H and O–H groups in total. The predicted molar refractivity (Wildman–Crippen MR) is 122 cm³/mol. The smallest absolute Gasteiger partial charge is 0.322 e. The molecule has 1 aromatic carbocycles. The summed E-state index contributed by atoms with van der Waals surface area (Å²) >= 11 is 0. The summed E-state index contributed by atoms with van der Waals surface area (Å²) in [6.07, 6.45) is 2.70. The van der Waals surface area contributed by atoms with Gasteiger partial charge in [0.05, 0.1) is 6.54 Å². The molecule has 1 aromatic heterocycles. The third-order valence-corrected chi connectivity index (χ3v) is 4.54. The Balaban J connectivity index is 1.96. The molecule has 2 rings (SSSR count). The Bertz CT molecular complexity index is 839. The zero-order valence-corrected chi connectivity index (χ0v) is 19.2. The lowest BCUT2D eigenvalue weighted by Gasteiger charge is -2.22. The van der Waals surface area contributed by atoms with Crippen molar-refractivity contribution in [3.8, 4) is 0 Å². The van der Waals surface area contributed by atoms with Gasteiger partial charge in [-0.05, 0) is 51.3 Å². The lowest BCUT2D eigenvalue weighted by atomic mass is 10.2. The van der Waals surface area contributed by atoms with Gasteiger partial charge in [0.25, 0.3) is 5.91 Å². The van der Waals surface area contributed by atoms with Crippen molar-refractivity contribution in [1.82, 2.24) is 15.2 Å². The molecule has 9 heteroatoms. The van der Waals surface area contributed by atoms with E-state index in [-0.39, 0.29) is 24.2 Å². The maximum absolute atomic E-state index is 12.9. The largest absolute Gasteiger partial charge is 0.446 e. The number of aryl methyl sites for hydroxylation is 1. The van der Waals surface area contributed by atoms with E-state index in [9.17, 15) is 9.59 Å². The number of aromatic nitrogens is 1. The monoisotopic (exact) mass is 446 g/mol. The van der Waals surface area contributed by atoms with Crippen LogP contribution in [0.2, 0.25) is 0 Å². The van der Waals surface area contributed by atoms with Crippen LogP contribution in [0.1, 0.15) is 48.6 Å². The molecule has 0 spiro atoms. The van der Waals surface area contributed by atoms with Gasteiger partial charge >= 0.3 is 6.03 Å². The Kier molecular flexibility index (Phi) is 11.3. The molecule has 176 valence electrons. The van der Waals surface area contributed by atoms with Crippen molar-refractivity contribution in [2.75, 3.05) is 44.8 Å². The van der Waals surface area contributed by atoms with Gasteiger partial charge in [0.2, 0.25) is 5.89 Å². The maximum atomic E-state index is 12.9. The number of ether oxygens (including phenoxy) is 2. The number of amides is 3. The molecule has 0 aliphatic rings. The van der Waals surface area contributed by atoms with Crippen molar-refractivity contribution < 1.29 is 23.5 Å². The number of carbonyl (C=O) groups is 2. The fourth-order valence-electron chi connectivity index (χ4n) is 2.94. The van der Waals surface area contributed by atoms with Crippen molar-refractivity contribution in [3.05, 3.63) is 47.7 Å². The van der Waals surface area contributed by atoms with E-state index in [1.807, 2.05) is 45.0 Å². The van der Waals surface area contributed by atoms with Crippen LogP contribution in [0.4, 0.5) is 10.5 Å². The number of hydrogen-bond acceptors (Lipinski definition) is 6. The molecule has 3 amide bonds. The minimum absolute atomic E-state index is 0.140. The molecule has 32 heavy (non-hydrogen) atoms. The van der Waals surface area contributed by atoms with Crippen LogP contribution in [0.25, 0.3) is 0 Å². The van der Waals surface area contributed by atoms with Gasteiger partial charge in [-0.1, -0.05) is 12.1 Å². The molecular weight excluding hydrogens is 412 g/mol. The SMILES string of the molecule is CCOCCCNC(=O)c1coc(CN(CCCOCC)C(=O)Nc2cccc(C)c2)n1. The lowest BCUT2D eigenvalue weighted by molar-refractivity contribution is 0.0939. The van der Waals surface area contributed by atoms with Gasteiger partial charge in [-0.25, -0.2) is 9.78 Å². The number of rotatable bonds is 14. The fraction of sp³-hybridized carbons (Fsp3) is 0.522. The van der Waals surface area contributed by atoms with Crippen LogP contribution in [-0.2, 0) is 16.0 Å². The predicted octanol–water partition coefficient (Wildman–Crippen LogP) is 3.60. The summed E-state index contributed by atoms with van der Waals surface area (Å²) in [6.45, 7) is 9.32. The standard InChI is InChI=1S/C23H34N4O5/c1-4-30-13-7-11-24-22(28)20-17-32-21(26-20)16-27(12-8-14-31-5-2)23(29)25-19-10-6-9-18(3)15-19/h6,9-10,15,17H,4-5,7-8,11-14,16H2,1-3H3,(H,24,28)(H,25,29). The summed E-state index contributed by atoms with van der Waals surface area (Å²) in [5.74, 6) is -0.0242. The Morgan fingerprint density at radius 3 is 2.59 bits per heavy atom. The van der Waals surface area contributed by atoms with Gasteiger partial charge in [-0.2, -0.15) is 0 Å². The first-order chi connectivity index (χ1) is 15.5. The number of urea groups is 1. The second kappa shape index (κ2) is 14.2. The zero-order valence-electron chi connectivity index (χ0n) is 19.2. The zero-order chi connectivity index (χ0) is 23.2. The second-order valence-electron chi connectivity index (χ2n) is 7.20. The summed E-state index contributed by atoms with van der Waals surface area (Å²) in [5.41, 5.74) is 1.95. The molecule has 0 fully saturated rings. The highest BCUT2D eigenvalue weighted by Gasteiger charge is 2.19. The number of oxazole rings is 1. The van der Waals surface area contributed by atoms with Crippen molar-refractivity contribution in [3.63, 3.8) is 0 Å². The summed E-state index contributed by atoms with van der Waals surface area (Å²) in [6, 6.07) is 7.31. The van der Waals surface area contributed by atoms with E-state index >= 15 is 0 Å². The van der Waals surface area contributed by atoms with Crippen molar-refractivity contribution in [2.24, 2.45) is 0 Å². The highest BCUT2D eigenvalue weighted by molar-refractivity contribution is 5.92. The topological polar surface area (TPSA) is 106 Å². The molecule has 2 aromatic rings. The molecule has 0 bridgehead atoms. The minimum atomic E-state index is -0.316. The number of anilines is 1. The number of benzene rings is 1. The highest BCUT2D eigenvalue weighted by atomic mass is 16.5. The molecule has 0 unspecified atom stereocenters. The van der Waals surface area contributed by atoms with Crippen LogP contribution >= 0.6 is 0 Å². The average Bonchev–Trinajstić information content (AvgIpc) is 3.24. The number of nitrogens with zero attached hydrogens (tertiary/aromatic N) is 2. The van der Waals surface area contributed by atoms with Crippen molar-refractivity contribution >= 4 is 17.6 Å². The average molecular weight is 447 g/mol. The van der Waals surface area contributed by atoms with Crippen molar-refractivity contribution in [1.29, 1.82) is 0 Å². The third-order valence-electron chi connectivity index (χ3n) is 4.54. The summed E-state index contributed by atoms with van der Waals surface area (Å²) in [4.78, 5) is 31.0. The van der Waals surface area contributed by atoms with Gasteiger partial charge in [-0.15, -0.1) is 0 Å². The van der Waals surface area contributed by atoms with Crippen LogP contribution in [-0.4, -0.2) is 61.3 Å². The van der Waals surface area contributed by atoms with Gasteiger partial charge in [0, 0.05) is 45.2 Å². The molecule has 0 saturated carbocycles. The van der Waals surface area contributed by atoms with E-state index in [0.29, 0.717) is 57.5 Å². The van der Waals surface area contributed by atoms with Gasteiger partial charge in [0.1, 0.15) is 6.26 Å². The lowest BCUT2D eigenvalue weighted by Crippen LogP contribution is -2.36. The Morgan fingerprint density at radius 1 is 1.12 bits per heavy atom. The molecule has 0 radical (unpaired) electrons. The van der Waals surface area contributed by atoms with E-state index in [1.54, 1.807) is 4.90 Å². The Morgan fingerprint density at radius 2 is 1.88 bits per heavy atom. The van der Waals surface area contributed by atoms with Crippen LogP contribution in [0.5, 0.6) is 0 Å². The fourth-order valence-corrected chi connectivity index (χ4v) is 2.94. The van der Waals surface area contributed by atoms with Gasteiger partial charge in [0.15, 0.2) is 5.69 Å². The number of nitrogens with one attached hydrogen (secondary N) is 2. The summed E-state index contributed by atoms with van der Waals surface area (Å²) in [7, 11) is 0. The third kappa shape index (κ3) is 9.07. The molecule has 1 heterocycles. The molecule has 0 atom stereocenters. The summed E-state index contributed by atoms with van der Waals surface area (Å²) in [5, 5.41) is 5.69. The van der Waals surface area contributed by atoms with Crippen molar-refractivity contribution in [2.45, 2.75) is 40.2 Å². The van der Waals surface area contributed by atoms with Crippen LogP contribution < -0.4 is 10.6 Å². The van der Waals surface area contributed by atoms with E-state index in [0.717, 1.165) is 12.0 Å². The first kappa shape index (κ1) is 25.4. The van der Waals surface area contributed by atoms with Crippen LogP contribution in [0.3, 0.4) is 0 Å². The summed E-state index contributed by atoms with van der Waals surface area (Å²) < 4.78 is 16.1. The molecule has 0 aliphatic carbocycles. The first-order valence-corrected chi connectivity index (χ1v) is 11.0. The molecule has 9 nitrogen and oxygen atoms in total. The van der Waals surface area contributed by atoms with E-state index in [4.69, 9.17) is 13.9 Å². The normalized spacial score (nSPS) is 10.7. The quantitative estimate of drug-likeness (QED) is 0.430.